The van der Waals surface area contributed by atoms with Crippen LogP contribution in [0.4, 0.5) is 0 Å². The summed E-state index contributed by atoms with van der Waals surface area (Å²) in [7, 11) is 0. The first-order chi connectivity index (χ1) is 16.6. The summed E-state index contributed by atoms with van der Waals surface area (Å²) in [5, 5.41) is 11.5. The number of nitrogens with zero attached hydrogens (tertiary/aromatic N) is 3. The van der Waals surface area contributed by atoms with Gasteiger partial charge in [0.2, 0.25) is 0 Å². The third-order valence-corrected chi connectivity index (χ3v) is 8.66. The standard InChI is InChI=1S/C27H31N3O3S/c31-22-14-20-23-24(25(22)33-26(20)32)30(27(34)29(23)15-17-6-2-1-3-7-17)16-18-9-11-19(12-10-18)21-8-4-5-13-28-21/h4-5,8-13,17,20,22-25,31H,1-3,6-7,14-16H2/t20-,22-,23-,24-,25+/m1/s1. The number of aliphatic hydroxyl groups excluding tert-OH is 1. The number of aliphatic hydroxyl groups is 1. The van der Waals surface area contributed by atoms with Gasteiger partial charge in [-0.3, -0.25) is 9.78 Å². The van der Waals surface area contributed by atoms with Gasteiger partial charge in [0.1, 0.15) is 6.10 Å². The molecule has 6 nitrogen and oxygen atoms in total. The first-order valence-corrected chi connectivity index (χ1v) is 13.0. The maximum absolute atomic E-state index is 12.7. The third kappa shape index (κ3) is 3.79. The van der Waals surface area contributed by atoms with Crippen molar-refractivity contribution in [3.63, 3.8) is 0 Å². The average molecular weight is 478 g/mol. The Labute approximate surface area is 205 Å². The fourth-order valence-electron chi connectivity index (χ4n) is 6.51. The predicted octanol–water partition coefficient (Wildman–Crippen LogP) is 3.77. The molecule has 0 radical (unpaired) electrons. The van der Waals surface area contributed by atoms with E-state index in [-0.39, 0.29) is 24.0 Å². The normalized spacial score (nSPS) is 31.0. The lowest BCUT2D eigenvalue weighted by molar-refractivity contribution is -0.199. The zero-order chi connectivity index (χ0) is 23.2. The van der Waals surface area contributed by atoms with Crippen molar-refractivity contribution >= 4 is 23.3 Å². The van der Waals surface area contributed by atoms with E-state index in [1.165, 1.54) is 32.1 Å². The molecule has 3 aliphatic heterocycles. The minimum Gasteiger partial charge on any atom is -0.457 e. The van der Waals surface area contributed by atoms with Gasteiger partial charge >= 0.3 is 5.97 Å². The minimum atomic E-state index is -0.629. The molecule has 178 valence electrons. The van der Waals surface area contributed by atoms with Crippen LogP contribution in [-0.4, -0.2) is 61.8 Å². The largest absolute Gasteiger partial charge is 0.457 e. The molecular formula is C27H31N3O3S. The van der Waals surface area contributed by atoms with Crippen LogP contribution in [0.5, 0.6) is 0 Å². The van der Waals surface area contributed by atoms with Gasteiger partial charge in [0.25, 0.3) is 0 Å². The lowest BCUT2D eigenvalue weighted by Crippen LogP contribution is -2.66. The van der Waals surface area contributed by atoms with E-state index in [1.54, 1.807) is 6.20 Å². The van der Waals surface area contributed by atoms with E-state index in [0.717, 1.165) is 28.5 Å². The van der Waals surface area contributed by atoms with Crippen LogP contribution in [0.15, 0.2) is 48.7 Å². The zero-order valence-corrected chi connectivity index (χ0v) is 20.1. The molecule has 0 unspecified atom stereocenters. The maximum Gasteiger partial charge on any atom is 0.311 e. The molecule has 7 heteroatoms. The van der Waals surface area contributed by atoms with Crippen LogP contribution in [0.25, 0.3) is 11.3 Å². The van der Waals surface area contributed by atoms with Gasteiger partial charge in [-0.25, -0.2) is 0 Å². The second-order valence-corrected chi connectivity index (χ2v) is 10.6. The molecule has 34 heavy (non-hydrogen) atoms. The SMILES string of the molecule is O=C1O[C@@H]2[C@H]3[C@@H]([C@H]1C[C@H]2O)N(CC1CCCCC1)C(=S)N3Cc1ccc(-c2ccccn2)cc1. The minimum absolute atomic E-state index is 0.00290. The van der Waals surface area contributed by atoms with Gasteiger partial charge in [0, 0.05) is 24.8 Å². The summed E-state index contributed by atoms with van der Waals surface area (Å²) in [6.07, 6.45) is 7.45. The molecule has 0 spiro atoms. The molecule has 4 heterocycles. The number of rotatable bonds is 5. The van der Waals surface area contributed by atoms with Crippen LogP contribution >= 0.6 is 12.2 Å². The van der Waals surface area contributed by atoms with Crippen molar-refractivity contribution in [2.45, 2.75) is 69.4 Å². The molecule has 7 rings (SSSR count). The Morgan fingerprint density at radius 1 is 1.03 bits per heavy atom. The second kappa shape index (κ2) is 8.93. The molecule has 2 aliphatic carbocycles. The van der Waals surface area contributed by atoms with Gasteiger partial charge < -0.3 is 19.6 Å². The summed E-state index contributed by atoms with van der Waals surface area (Å²) in [5.74, 6) is 0.129. The molecule has 5 fully saturated rings. The molecule has 2 aromatic rings. The molecule has 2 saturated carbocycles. The summed E-state index contributed by atoms with van der Waals surface area (Å²) < 4.78 is 5.72. The Morgan fingerprint density at radius 3 is 2.56 bits per heavy atom. The summed E-state index contributed by atoms with van der Waals surface area (Å²) in [6.45, 7) is 1.54. The van der Waals surface area contributed by atoms with E-state index in [9.17, 15) is 9.90 Å². The van der Waals surface area contributed by atoms with Crippen LogP contribution in [0.2, 0.25) is 0 Å². The number of carbonyl (C=O) groups excluding carboxylic acids is 1. The second-order valence-electron chi connectivity index (χ2n) is 10.3. The summed E-state index contributed by atoms with van der Waals surface area (Å²) >= 11 is 6.05. The van der Waals surface area contributed by atoms with Crippen LogP contribution in [0.1, 0.15) is 44.1 Å². The van der Waals surface area contributed by atoms with Crippen molar-refractivity contribution in [3.05, 3.63) is 54.2 Å². The van der Waals surface area contributed by atoms with Gasteiger partial charge in [0.15, 0.2) is 5.11 Å². The van der Waals surface area contributed by atoms with Gasteiger partial charge in [0.05, 0.1) is 29.8 Å². The fourth-order valence-corrected chi connectivity index (χ4v) is 6.90. The number of benzene rings is 1. The molecule has 5 atom stereocenters. The predicted molar refractivity (Wildman–Crippen MR) is 133 cm³/mol. The highest BCUT2D eigenvalue weighted by Crippen LogP contribution is 2.45. The molecule has 1 aromatic heterocycles. The van der Waals surface area contributed by atoms with Gasteiger partial charge in [-0.2, -0.15) is 0 Å². The number of thiocarbonyl (C=S) groups is 1. The third-order valence-electron chi connectivity index (χ3n) is 8.19. The van der Waals surface area contributed by atoms with Crippen LogP contribution in [0, 0.1) is 11.8 Å². The van der Waals surface area contributed by atoms with Crippen LogP contribution in [0.3, 0.4) is 0 Å². The number of ether oxygens (including phenoxy) is 1. The molecule has 3 saturated heterocycles. The van der Waals surface area contributed by atoms with Crippen molar-refractivity contribution in [2.75, 3.05) is 6.54 Å². The molecule has 2 bridgehead atoms. The van der Waals surface area contributed by atoms with Gasteiger partial charge in [-0.05, 0) is 55.1 Å². The van der Waals surface area contributed by atoms with E-state index < -0.39 is 12.2 Å². The van der Waals surface area contributed by atoms with Crippen molar-refractivity contribution in [2.24, 2.45) is 11.8 Å². The van der Waals surface area contributed by atoms with E-state index in [4.69, 9.17) is 17.0 Å². The summed E-state index contributed by atoms with van der Waals surface area (Å²) in [6, 6.07) is 14.2. The number of hydrogen-bond donors (Lipinski definition) is 1. The highest BCUT2D eigenvalue weighted by atomic mass is 32.1. The Morgan fingerprint density at radius 2 is 1.82 bits per heavy atom. The van der Waals surface area contributed by atoms with Gasteiger partial charge in [-0.1, -0.05) is 49.6 Å². The van der Waals surface area contributed by atoms with Crippen molar-refractivity contribution in [3.8, 4) is 11.3 Å². The zero-order valence-electron chi connectivity index (χ0n) is 19.3. The van der Waals surface area contributed by atoms with E-state index in [1.807, 2.05) is 18.2 Å². The molecular weight excluding hydrogens is 446 g/mol. The number of aromatic nitrogens is 1. The topological polar surface area (TPSA) is 65.9 Å². The number of hydrogen-bond acceptors (Lipinski definition) is 5. The monoisotopic (exact) mass is 477 g/mol. The number of pyridine rings is 1. The van der Waals surface area contributed by atoms with Crippen molar-refractivity contribution in [1.82, 2.24) is 14.8 Å². The van der Waals surface area contributed by atoms with Crippen molar-refractivity contribution < 1.29 is 14.6 Å². The fraction of sp³-hybridized carbons (Fsp3) is 0.519. The molecule has 0 amide bonds. The first kappa shape index (κ1) is 22.0. The Balaban J connectivity index is 1.27. The molecule has 1 aromatic carbocycles. The highest BCUT2D eigenvalue weighted by Gasteiger charge is 2.62. The molecule has 1 N–H and O–H groups in total. The maximum atomic E-state index is 12.7. The van der Waals surface area contributed by atoms with E-state index in [0.29, 0.717) is 18.9 Å². The molecule has 5 aliphatic rings. The Kier molecular flexibility index (Phi) is 5.77. The van der Waals surface area contributed by atoms with Crippen molar-refractivity contribution in [1.29, 1.82) is 0 Å². The number of esters is 1. The summed E-state index contributed by atoms with van der Waals surface area (Å²) in [5.41, 5.74) is 3.16. The first-order valence-electron chi connectivity index (χ1n) is 12.6. The quantitative estimate of drug-likeness (QED) is 0.519. The Bertz CT molecular complexity index is 1060. The van der Waals surface area contributed by atoms with Crippen LogP contribution < -0.4 is 0 Å². The smallest absolute Gasteiger partial charge is 0.311 e. The lowest BCUT2D eigenvalue weighted by Gasteiger charge is -2.49. The highest BCUT2D eigenvalue weighted by molar-refractivity contribution is 7.80. The number of carbonyl (C=O) groups is 1. The summed E-state index contributed by atoms with van der Waals surface area (Å²) in [4.78, 5) is 21.7. The lowest BCUT2D eigenvalue weighted by atomic mass is 9.74. The van der Waals surface area contributed by atoms with Gasteiger partial charge in [-0.15, -0.1) is 0 Å². The van der Waals surface area contributed by atoms with Crippen LogP contribution in [-0.2, 0) is 16.1 Å². The average Bonchev–Trinajstić information content (AvgIpc) is 3.14. The number of fused-ring (bicyclic) bond motifs is 2. The Hall–Kier alpha value is -2.51. The van der Waals surface area contributed by atoms with E-state index in [2.05, 4.69) is 39.0 Å². The van der Waals surface area contributed by atoms with E-state index >= 15 is 0 Å².